The summed E-state index contributed by atoms with van der Waals surface area (Å²) in [5, 5.41) is 10.3. The minimum Gasteiger partial charge on any atom is -0.494 e. The van der Waals surface area contributed by atoms with Crippen molar-refractivity contribution in [3.8, 4) is 5.75 Å². The maximum absolute atomic E-state index is 12.3. The minimum atomic E-state index is -0.406. The Balaban J connectivity index is 2.16. The molecule has 5 heteroatoms. The molecule has 5 nitrogen and oxygen atoms in total. The number of aliphatic hydroxyl groups is 1. The molecule has 1 aromatic heterocycles. The zero-order valence-electron chi connectivity index (χ0n) is 12.7. The van der Waals surface area contributed by atoms with Gasteiger partial charge in [-0.25, -0.2) is 0 Å². The molecule has 1 atom stereocenters. The molecule has 2 N–H and O–H groups in total. The van der Waals surface area contributed by atoms with Crippen LogP contribution in [0.15, 0.2) is 24.3 Å². The number of carbonyl (C=O) groups is 1. The number of benzene rings is 1. The zero-order valence-corrected chi connectivity index (χ0v) is 12.7. The van der Waals surface area contributed by atoms with Gasteiger partial charge in [-0.15, -0.1) is 0 Å². The van der Waals surface area contributed by atoms with Crippen LogP contribution in [0.2, 0.25) is 0 Å². The molecule has 0 aliphatic rings. The first-order chi connectivity index (χ1) is 10.0. The Kier molecular flexibility index (Phi) is 4.85. The molecule has 0 fully saturated rings. The fraction of sp³-hybridized carbons (Fsp3) is 0.438. The van der Waals surface area contributed by atoms with E-state index in [9.17, 15) is 9.90 Å². The van der Waals surface area contributed by atoms with E-state index in [1.807, 2.05) is 31.2 Å². The summed E-state index contributed by atoms with van der Waals surface area (Å²) in [5.41, 5.74) is 1.43. The topological polar surface area (TPSA) is 65.6 Å². The van der Waals surface area contributed by atoms with Crippen LogP contribution in [0.1, 0.15) is 30.8 Å². The number of hydrogen-bond donors (Lipinski definition) is 2. The molecule has 0 spiro atoms. The Bertz CT molecular complexity index is 619. The summed E-state index contributed by atoms with van der Waals surface area (Å²) >= 11 is 0. The molecule has 0 bridgehead atoms. The zero-order chi connectivity index (χ0) is 15.4. The highest BCUT2D eigenvalue weighted by molar-refractivity contribution is 5.98. The quantitative estimate of drug-likeness (QED) is 0.858. The summed E-state index contributed by atoms with van der Waals surface area (Å²) in [4.78, 5) is 17.1. The smallest absolute Gasteiger partial charge is 0.270 e. The Morgan fingerprint density at radius 1 is 1.43 bits per heavy atom. The van der Waals surface area contributed by atoms with Gasteiger partial charge in [0.2, 0.25) is 0 Å². The highest BCUT2D eigenvalue weighted by Gasteiger charge is 2.15. The number of carbonyl (C=O) groups excluding carboxylic acids is 1. The average Bonchev–Trinajstić information content (AvgIpc) is 2.87. The van der Waals surface area contributed by atoms with Crippen molar-refractivity contribution in [1.29, 1.82) is 0 Å². The van der Waals surface area contributed by atoms with Crippen molar-refractivity contribution in [1.82, 2.24) is 9.88 Å². The SMILES string of the molecule is CCOc1ccc2cc(C(=O)N(C)CCC(C)O)[nH]c2c1. The summed E-state index contributed by atoms with van der Waals surface area (Å²) in [7, 11) is 1.74. The van der Waals surface area contributed by atoms with Crippen molar-refractivity contribution >= 4 is 16.8 Å². The fourth-order valence-corrected chi connectivity index (χ4v) is 2.17. The number of nitrogens with one attached hydrogen (secondary N) is 1. The van der Waals surface area contributed by atoms with E-state index in [0.29, 0.717) is 25.3 Å². The number of rotatable bonds is 6. The molecule has 0 saturated carbocycles. The van der Waals surface area contributed by atoms with Crippen LogP contribution >= 0.6 is 0 Å². The monoisotopic (exact) mass is 290 g/mol. The first kappa shape index (κ1) is 15.4. The van der Waals surface area contributed by atoms with Gasteiger partial charge in [-0.3, -0.25) is 4.79 Å². The minimum absolute atomic E-state index is 0.0789. The van der Waals surface area contributed by atoms with Gasteiger partial charge in [-0.1, -0.05) is 0 Å². The Morgan fingerprint density at radius 3 is 2.86 bits per heavy atom. The van der Waals surface area contributed by atoms with Crippen molar-refractivity contribution in [3.63, 3.8) is 0 Å². The van der Waals surface area contributed by atoms with Crippen LogP contribution in [-0.4, -0.2) is 47.2 Å². The highest BCUT2D eigenvalue weighted by Crippen LogP contribution is 2.22. The number of hydrogen-bond acceptors (Lipinski definition) is 3. The summed E-state index contributed by atoms with van der Waals surface area (Å²) in [6, 6.07) is 7.56. The van der Waals surface area contributed by atoms with E-state index in [0.717, 1.165) is 16.7 Å². The Labute approximate surface area is 124 Å². The van der Waals surface area contributed by atoms with E-state index < -0.39 is 6.10 Å². The number of aromatic amines is 1. The number of aromatic nitrogens is 1. The van der Waals surface area contributed by atoms with Crippen LogP contribution in [0.5, 0.6) is 5.75 Å². The fourth-order valence-electron chi connectivity index (χ4n) is 2.17. The van der Waals surface area contributed by atoms with Gasteiger partial charge in [0.1, 0.15) is 11.4 Å². The maximum Gasteiger partial charge on any atom is 0.270 e. The molecule has 1 heterocycles. The van der Waals surface area contributed by atoms with Crippen molar-refractivity contribution in [3.05, 3.63) is 30.0 Å². The molecule has 1 unspecified atom stereocenters. The number of aliphatic hydroxyl groups excluding tert-OH is 1. The third-order valence-electron chi connectivity index (χ3n) is 3.36. The lowest BCUT2D eigenvalue weighted by molar-refractivity contribution is 0.0764. The van der Waals surface area contributed by atoms with Crippen LogP contribution in [0.25, 0.3) is 10.9 Å². The third kappa shape index (κ3) is 3.76. The van der Waals surface area contributed by atoms with E-state index in [4.69, 9.17) is 4.74 Å². The number of ether oxygens (including phenoxy) is 1. The summed E-state index contributed by atoms with van der Waals surface area (Å²) in [6.45, 7) is 4.79. The first-order valence-electron chi connectivity index (χ1n) is 7.20. The number of fused-ring (bicyclic) bond motifs is 1. The average molecular weight is 290 g/mol. The van der Waals surface area contributed by atoms with Crippen LogP contribution < -0.4 is 4.74 Å². The number of amides is 1. The maximum atomic E-state index is 12.3. The van der Waals surface area contributed by atoms with Crippen molar-refractivity contribution in [2.75, 3.05) is 20.2 Å². The lowest BCUT2D eigenvalue weighted by Crippen LogP contribution is -2.29. The number of nitrogens with zero attached hydrogens (tertiary/aromatic N) is 1. The molecule has 0 saturated heterocycles. The predicted molar refractivity (Wildman–Crippen MR) is 82.7 cm³/mol. The van der Waals surface area contributed by atoms with E-state index >= 15 is 0 Å². The van der Waals surface area contributed by atoms with Gasteiger partial charge in [-0.05, 0) is 38.5 Å². The van der Waals surface area contributed by atoms with E-state index in [-0.39, 0.29) is 5.91 Å². The van der Waals surface area contributed by atoms with Crippen LogP contribution in [-0.2, 0) is 0 Å². The van der Waals surface area contributed by atoms with Crippen molar-refractivity contribution in [2.24, 2.45) is 0 Å². The van der Waals surface area contributed by atoms with Crippen LogP contribution in [0, 0.1) is 0 Å². The van der Waals surface area contributed by atoms with Gasteiger partial charge >= 0.3 is 0 Å². The van der Waals surface area contributed by atoms with Gasteiger partial charge in [0, 0.05) is 30.6 Å². The van der Waals surface area contributed by atoms with Crippen LogP contribution in [0.4, 0.5) is 0 Å². The van der Waals surface area contributed by atoms with Gasteiger partial charge < -0.3 is 19.7 Å². The Hall–Kier alpha value is -2.01. The molecule has 2 rings (SSSR count). The molecule has 21 heavy (non-hydrogen) atoms. The van der Waals surface area contributed by atoms with Gasteiger partial charge in [-0.2, -0.15) is 0 Å². The molecule has 1 aromatic carbocycles. The van der Waals surface area contributed by atoms with E-state index in [1.54, 1.807) is 18.9 Å². The van der Waals surface area contributed by atoms with Crippen molar-refractivity contribution < 1.29 is 14.6 Å². The molecular weight excluding hydrogens is 268 g/mol. The largest absolute Gasteiger partial charge is 0.494 e. The summed E-state index contributed by atoms with van der Waals surface area (Å²) in [6.07, 6.45) is 0.161. The molecule has 0 aliphatic carbocycles. The van der Waals surface area contributed by atoms with E-state index in [2.05, 4.69) is 4.98 Å². The molecule has 2 aromatic rings. The second-order valence-electron chi connectivity index (χ2n) is 5.23. The lowest BCUT2D eigenvalue weighted by Gasteiger charge is -2.17. The first-order valence-corrected chi connectivity index (χ1v) is 7.20. The second-order valence-corrected chi connectivity index (χ2v) is 5.23. The Morgan fingerprint density at radius 2 is 2.19 bits per heavy atom. The third-order valence-corrected chi connectivity index (χ3v) is 3.36. The van der Waals surface area contributed by atoms with Crippen LogP contribution in [0.3, 0.4) is 0 Å². The predicted octanol–water partition coefficient (Wildman–Crippen LogP) is 2.41. The standard InChI is InChI=1S/C16H22N2O3/c1-4-21-13-6-5-12-9-15(17-14(12)10-13)16(20)18(3)8-7-11(2)19/h5-6,9-11,17,19H,4,7-8H2,1-3H3. The molecule has 0 aliphatic heterocycles. The summed E-state index contributed by atoms with van der Waals surface area (Å²) in [5.74, 6) is 0.707. The van der Waals surface area contributed by atoms with Gasteiger partial charge in [0.05, 0.1) is 12.7 Å². The highest BCUT2D eigenvalue weighted by atomic mass is 16.5. The molecular formula is C16H22N2O3. The molecule has 114 valence electrons. The van der Waals surface area contributed by atoms with Crippen molar-refractivity contribution in [2.45, 2.75) is 26.4 Å². The van der Waals surface area contributed by atoms with Gasteiger partial charge in [0.25, 0.3) is 5.91 Å². The summed E-state index contributed by atoms with van der Waals surface area (Å²) < 4.78 is 5.45. The van der Waals surface area contributed by atoms with E-state index in [1.165, 1.54) is 0 Å². The normalized spacial score (nSPS) is 12.4. The molecule has 0 radical (unpaired) electrons. The number of H-pyrrole nitrogens is 1. The lowest BCUT2D eigenvalue weighted by atomic mass is 10.2. The second kappa shape index (κ2) is 6.63. The van der Waals surface area contributed by atoms with Gasteiger partial charge in [0.15, 0.2) is 0 Å². The molecule has 1 amide bonds.